The van der Waals surface area contributed by atoms with Crippen molar-refractivity contribution < 1.29 is 29.4 Å². The zero-order valence-electron chi connectivity index (χ0n) is 18.9. The Kier molecular flexibility index (Phi) is 7.16. The van der Waals surface area contributed by atoms with Crippen LogP contribution in [0, 0.1) is 0 Å². The lowest BCUT2D eigenvalue weighted by Gasteiger charge is -2.24. The molecular weight excluding hydrogens is 454 g/mol. The number of carboxylic acids is 1. The van der Waals surface area contributed by atoms with Crippen LogP contribution in [-0.4, -0.2) is 54.9 Å². The van der Waals surface area contributed by atoms with Crippen molar-refractivity contribution in [3.8, 4) is 11.5 Å². The Hall–Kier alpha value is -4.12. The highest BCUT2D eigenvalue weighted by Crippen LogP contribution is 2.31. The van der Waals surface area contributed by atoms with Gasteiger partial charge in [-0.05, 0) is 54.7 Å². The summed E-state index contributed by atoms with van der Waals surface area (Å²) in [5, 5.41) is 35.0. The molecule has 4 rings (SSSR count). The standard InChI is InChI=1S/C24H27N5O6/c25-18(12-14-3-7-16(30)8-4-14)21-27-22(35-28-21)20-2-1-11-29(20)24(34)26-19(23(32)33)13-15-5-9-17(31)10-6-15/h3-10,18-20,30-31H,1-2,11-13,25H2,(H,26,34)(H,32,33)/t18-,19?,20-/m0/s1. The second-order valence-electron chi connectivity index (χ2n) is 8.53. The molecule has 2 heterocycles. The van der Waals surface area contributed by atoms with Crippen molar-refractivity contribution >= 4 is 12.0 Å². The molecule has 0 bridgehead atoms. The Labute approximate surface area is 201 Å². The number of benzene rings is 2. The Morgan fingerprint density at radius 3 is 2.26 bits per heavy atom. The molecule has 1 aromatic heterocycles. The molecule has 1 saturated heterocycles. The van der Waals surface area contributed by atoms with Crippen LogP contribution in [0.5, 0.6) is 11.5 Å². The van der Waals surface area contributed by atoms with Gasteiger partial charge in [-0.3, -0.25) is 0 Å². The van der Waals surface area contributed by atoms with E-state index < -0.39 is 30.1 Å². The maximum atomic E-state index is 13.0. The number of carbonyl (C=O) groups excluding carboxylic acids is 1. The van der Waals surface area contributed by atoms with Gasteiger partial charge >= 0.3 is 12.0 Å². The normalized spacial score (nSPS) is 17.2. The van der Waals surface area contributed by atoms with E-state index in [0.29, 0.717) is 37.2 Å². The average molecular weight is 482 g/mol. The lowest BCUT2D eigenvalue weighted by Crippen LogP contribution is -2.48. The molecule has 35 heavy (non-hydrogen) atoms. The van der Waals surface area contributed by atoms with Crippen LogP contribution in [0.2, 0.25) is 0 Å². The molecular formula is C24H27N5O6. The number of phenols is 2. The van der Waals surface area contributed by atoms with Gasteiger partial charge in [0.15, 0.2) is 5.82 Å². The first-order valence-electron chi connectivity index (χ1n) is 11.2. The first kappa shape index (κ1) is 24.0. The fourth-order valence-corrected chi connectivity index (χ4v) is 4.08. The predicted octanol–water partition coefficient (Wildman–Crippen LogP) is 2.27. The smallest absolute Gasteiger partial charge is 0.326 e. The van der Waals surface area contributed by atoms with E-state index in [-0.39, 0.29) is 23.8 Å². The van der Waals surface area contributed by atoms with Crippen molar-refractivity contribution in [2.24, 2.45) is 5.73 Å². The van der Waals surface area contributed by atoms with Gasteiger partial charge in [-0.15, -0.1) is 0 Å². The fourth-order valence-electron chi connectivity index (χ4n) is 4.08. The van der Waals surface area contributed by atoms with E-state index in [1.54, 1.807) is 36.4 Å². The number of aromatic nitrogens is 2. The summed E-state index contributed by atoms with van der Waals surface area (Å²) in [7, 11) is 0. The molecule has 2 aromatic carbocycles. The lowest BCUT2D eigenvalue weighted by molar-refractivity contribution is -0.139. The van der Waals surface area contributed by atoms with Crippen LogP contribution in [0.3, 0.4) is 0 Å². The molecule has 0 radical (unpaired) electrons. The number of likely N-dealkylation sites (tertiary alicyclic amines) is 1. The lowest BCUT2D eigenvalue weighted by atomic mass is 10.1. The van der Waals surface area contributed by atoms with Gasteiger partial charge in [0.05, 0.1) is 6.04 Å². The van der Waals surface area contributed by atoms with E-state index in [4.69, 9.17) is 10.3 Å². The van der Waals surface area contributed by atoms with Crippen molar-refractivity contribution in [2.45, 2.75) is 43.8 Å². The van der Waals surface area contributed by atoms with Crippen LogP contribution in [0.15, 0.2) is 53.1 Å². The molecule has 1 aliphatic heterocycles. The van der Waals surface area contributed by atoms with Gasteiger partial charge in [-0.1, -0.05) is 29.4 Å². The SMILES string of the molecule is N[C@@H](Cc1ccc(O)cc1)c1noc([C@@H]2CCCN2C(=O)NC(Cc2ccc(O)cc2)C(=O)O)n1. The average Bonchev–Trinajstić information content (AvgIpc) is 3.51. The highest BCUT2D eigenvalue weighted by atomic mass is 16.5. The Morgan fingerprint density at radius 1 is 1.06 bits per heavy atom. The van der Waals surface area contributed by atoms with Crippen LogP contribution < -0.4 is 11.1 Å². The van der Waals surface area contributed by atoms with Gasteiger partial charge < -0.3 is 35.8 Å². The van der Waals surface area contributed by atoms with E-state index in [9.17, 15) is 24.9 Å². The maximum absolute atomic E-state index is 13.0. The molecule has 0 spiro atoms. The van der Waals surface area contributed by atoms with Crippen LogP contribution >= 0.6 is 0 Å². The number of carboxylic acid groups (broad SMARTS) is 1. The van der Waals surface area contributed by atoms with E-state index in [2.05, 4.69) is 15.5 Å². The fraction of sp³-hybridized carbons (Fsp3) is 0.333. The van der Waals surface area contributed by atoms with Gasteiger partial charge in [0.1, 0.15) is 23.6 Å². The summed E-state index contributed by atoms with van der Waals surface area (Å²) in [6.45, 7) is 0.416. The highest BCUT2D eigenvalue weighted by molar-refractivity contribution is 5.83. The zero-order chi connectivity index (χ0) is 24.9. The molecule has 1 fully saturated rings. The van der Waals surface area contributed by atoms with E-state index in [1.807, 2.05) is 0 Å². The topological polar surface area (TPSA) is 175 Å². The van der Waals surface area contributed by atoms with Crippen LogP contribution in [0.1, 0.15) is 47.8 Å². The molecule has 2 amide bonds. The number of hydrogen-bond acceptors (Lipinski definition) is 8. The summed E-state index contributed by atoms with van der Waals surface area (Å²) >= 11 is 0. The minimum absolute atomic E-state index is 0.0662. The van der Waals surface area contributed by atoms with Crippen molar-refractivity contribution in [2.75, 3.05) is 6.54 Å². The molecule has 6 N–H and O–H groups in total. The maximum Gasteiger partial charge on any atom is 0.326 e. The summed E-state index contributed by atoms with van der Waals surface area (Å²) in [5.41, 5.74) is 7.80. The Bertz CT molecular complexity index is 1160. The van der Waals surface area contributed by atoms with Crippen molar-refractivity contribution in [3.63, 3.8) is 0 Å². The second kappa shape index (κ2) is 10.4. The second-order valence-corrected chi connectivity index (χ2v) is 8.53. The number of hydrogen-bond donors (Lipinski definition) is 5. The summed E-state index contributed by atoms with van der Waals surface area (Å²) in [6, 6.07) is 10.1. The van der Waals surface area contributed by atoms with Crippen LogP contribution in [0.25, 0.3) is 0 Å². The molecule has 184 valence electrons. The largest absolute Gasteiger partial charge is 0.508 e. The van der Waals surface area contributed by atoms with Gasteiger partial charge in [0.25, 0.3) is 0 Å². The molecule has 0 saturated carbocycles. The number of aromatic hydroxyl groups is 2. The number of nitrogens with one attached hydrogen (secondary N) is 1. The van der Waals surface area contributed by atoms with Crippen molar-refractivity contribution in [1.29, 1.82) is 0 Å². The van der Waals surface area contributed by atoms with Crippen LogP contribution in [0.4, 0.5) is 4.79 Å². The third kappa shape index (κ3) is 5.87. The predicted molar refractivity (Wildman–Crippen MR) is 123 cm³/mol. The van der Waals surface area contributed by atoms with Gasteiger partial charge in [-0.2, -0.15) is 4.98 Å². The minimum Gasteiger partial charge on any atom is -0.508 e. The van der Waals surface area contributed by atoms with E-state index >= 15 is 0 Å². The number of nitrogens with zero attached hydrogens (tertiary/aromatic N) is 3. The van der Waals surface area contributed by atoms with Crippen molar-refractivity contribution in [1.82, 2.24) is 20.4 Å². The van der Waals surface area contributed by atoms with E-state index in [1.165, 1.54) is 17.0 Å². The van der Waals surface area contributed by atoms with Crippen LogP contribution in [-0.2, 0) is 17.6 Å². The molecule has 3 aromatic rings. The number of amides is 2. The third-order valence-electron chi connectivity index (χ3n) is 5.95. The molecule has 3 atom stereocenters. The van der Waals surface area contributed by atoms with E-state index in [0.717, 1.165) is 5.56 Å². The molecule has 11 nitrogen and oxygen atoms in total. The minimum atomic E-state index is -1.16. The summed E-state index contributed by atoms with van der Waals surface area (Å²) in [5.74, 6) is -0.374. The van der Waals surface area contributed by atoms with Gasteiger partial charge in [0.2, 0.25) is 5.89 Å². The monoisotopic (exact) mass is 481 g/mol. The van der Waals surface area contributed by atoms with Gasteiger partial charge in [-0.25, -0.2) is 9.59 Å². The number of rotatable bonds is 8. The summed E-state index contributed by atoms with van der Waals surface area (Å²) in [4.78, 5) is 30.7. The Morgan fingerprint density at radius 2 is 1.66 bits per heavy atom. The first-order chi connectivity index (χ1) is 16.8. The zero-order valence-corrected chi connectivity index (χ0v) is 18.9. The Balaban J connectivity index is 1.41. The van der Waals surface area contributed by atoms with Crippen molar-refractivity contribution in [3.05, 3.63) is 71.4 Å². The third-order valence-corrected chi connectivity index (χ3v) is 5.95. The summed E-state index contributed by atoms with van der Waals surface area (Å²) in [6.07, 6.45) is 1.80. The molecule has 11 heteroatoms. The number of aliphatic carboxylic acids is 1. The molecule has 1 aliphatic rings. The summed E-state index contributed by atoms with van der Waals surface area (Å²) < 4.78 is 5.42. The molecule has 0 aliphatic carbocycles. The number of urea groups is 1. The number of nitrogens with two attached hydrogens (primary N) is 1. The van der Waals surface area contributed by atoms with Gasteiger partial charge in [0, 0.05) is 13.0 Å². The quantitative estimate of drug-likeness (QED) is 0.323. The first-order valence-corrected chi connectivity index (χ1v) is 11.2. The highest BCUT2D eigenvalue weighted by Gasteiger charge is 2.36. The number of phenolic OH excluding ortho intramolecular Hbond substituents is 2. The molecule has 1 unspecified atom stereocenters. The number of carbonyl (C=O) groups is 2.